The Bertz CT molecular complexity index is 303. The maximum Gasteiger partial charge on any atom is 0.340 e. The second-order valence-electron chi connectivity index (χ2n) is 2.86. The zero-order valence-electron chi connectivity index (χ0n) is 7.51. The summed E-state index contributed by atoms with van der Waals surface area (Å²) < 4.78 is 14.9. The summed E-state index contributed by atoms with van der Waals surface area (Å²) in [5.74, 6) is -0.388. The molecule has 0 aromatic heterocycles. The van der Waals surface area contributed by atoms with E-state index in [0.717, 1.165) is 0 Å². The van der Waals surface area contributed by atoms with E-state index in [4.69, 9.17) is 14.2 Å². The van der Waals surface area contributed by atoms with Crippen LogP contribution < -0.4 is 0 Å². The molecule has 1 fully saturated rings. The quantitative estimate of drug-likeness (QED) is 0.663. The lowest BCUT2D eigenvalue weighted by Gasteiger charge is -2.08. The van der Waals surface area contributed by atoms with Crippen molar-refractivity contribution < 1.29 is 19.0 Å². The molecule has 1 aromatic rings. The Morgan fingerprint density at radius 2 is 2.14 bits per heavy atom. The topological polar surface area (TPSA) is 44.8 Å². The lowest BCUT2D eigenvalue weighted by Crippen LogP contribution is -2.19. The molecule has 1 aliphatic heterocycles. The third-order valence-electron chi connectivity index (χ3n) is 1.84. The first kappa shape index (κ1) is 9.18. The molecule has 2 rings (SSSR count). The average molecular weight is 194 g/mol. The molecule has 74 valence electrons. The van der Waals surface area contributed by atoms with Gasteiger partial charge < -0.3 is 14.2 Å². The Hall–Kier alpha value is -1.39. The van der Waals surface area contributed by atoms with Crippen LogP contribution in [0.2, 0.25) is 0 Å². The molecule has 1 unspecified atom stereocenters. The number of carbonyl (C=O) groups is 1. The highest BCUT2D eigenvalue weighted by molar-refractivity contribution is 5.89. The standard InChI is InChI=1S/C10H10O4/c11-10(8-4-2-1-3-5-8)14-9-6-12-7-13-9/h1-5,9H,6-7H2. The monoisotopic (exact) mass is 194 g/mol. The zero-order valence-corrected chi connectivity index (χ0v) is 7.51. The van der Waals surface area contributed by atoms with Gasteiger partial charge >= 0.3 is 5.97 Å². The van der Waals surface area contributed by atoms with Gasteiger partial charge in [0.25, 0.3) is 0 Å². The van der Waals surface area contributed by atoms with Crippen molar-refractivity contribution in [2.45, 2.75) is 6.29 Å². The summed E-state index contributed by atoms with van der Waals surface area (Å²) in [6, 6.07) is 8.79. The van der Waals surface area contributed by atoms with Gasteiger partial charge in [0, 0.05) is 0 Å². The predicted molar refractivity (Wildman–Crippen MR) is 47.5 cm³/mol. The molecule has 1 saturated heterocycles. The van der Waals surface area contributed by atoms with Crippen LogP contribution in [0.1, 0.15) is 10.4 Å². The van der Waals surface area contributed by atoms with Crippen LogP contribution in [0.3, 0.4) is 0 Å². The summed E-state index contributed by atoms with van der Waals surface area (Å²) in [6.45, 7) is 0.491. The van der Waals surface area contributed by atoms with Crippen molar-refractivity contribution in [1.29, 1.82) is 0 Å². The van der Waals surface area contributed by atoms with Crippen LogP contribution in [0.15, 0.2) is 30.3 Å². The number of rotatable bonds is 2. The molecule has 0 N–H and O–H groups in total. The van der Waals surface area contributed by atoms with Gasteiger partial charge in [-0.2, -0.15) is 0 Å². The van der Waals surface area contributed by atoms with E-state index in [1.165, 1.54) is 0 Å². The molecule has 0 amide bonds. The Balaban J connectivity index is 1.95. The Labute approximate surface area is 81.4 Å². The zero-order chi connectivity index (χ0) is 9.80. The third kappa shape index (κ3) is 2.10. The van der Waals surface area contributed by atoms with Crippen molar-refractivity contribution in [2.24, 2.45) is 0 Å². The largest absolute Gasteiger partial charge is 0.429 e. The molecule has 4 nitrogen and oxygen atoms in total. The second-order valence-corrected chi connectivity index (χ2v) is 2.86. The van der Waals surface area contributed by atoms with Crippen LogP contribution in [0, 0.1) is 0 Å². The van der Waals surface area contributed by atoms with Crippen LogP contribution in [-0.4, -0.2) is 25.7 Å². The van der Waals surface area contributed by atoms with Crippen LogP contribution >= 0.6 is 0 Å². The fraction of sp³-hybridized carbons (Fsp3) is 0.300. The molecule has 1 aliphatic rings. The van der Waals surface area contributed by atoms with Crippen LogP contribution in [-0.2, 0) is 14.2 Å². The van der Waals surface area contributed by atoms with Gasteiger partial charge in [-0.3, -0.25) is 0 Å². The Morgan fingerprint density at radius 1 is 1.36 bits per heavy atom. The van der Waals surface area contributed by atoms with Gasteiger partial charge in [0.05, 0.1) is 5.56 Å². The molecular formula is C10H10O4. The lowest BCUT2D eigenvalue weighted by molar-refractivity contribution is -0.0752. The molecule has 1 heterocycles. The number of benzene rings is 1. The molecule has 1 atom stereocenters. The van der Waals surface area contributed by atoms with Crippen LogP contribution in [0.5, 0.6) is 0 Å². The van der Waals surface area contributed by atoms with E-state index in [0.29, 0.717) is 12.2 Å². The molecule has 14 heavy (non-hydrogen) atoms. The Morgan fingerprint density at radius 3 is 2.79 bits per heavy atom. The van der Waals surface area contributed by atoms with Gasteiger partial charge in [0.15, 0.2) is 6.79 Å². The summed E-state index contributed by atoms with van der Waals surface area (Å²) in [5.41, 5.74) is 0.517. The summed E-state index contributed by atoms with van der Waals surface area (Å²) in [6.07, 6.45) is -0.567. The summed E-state index contributed by atoms with van der Waals surface area (Å²) in [7, 11) is 0. The van der Waals surface area contributed by atoms with Crippen molar-refractivity contribution >= 4 is 5.97 Å². The first-order valence-electron chi connectivity index (χ1n) is 4.31. The summed E-state index contributed by atoms with van der Waals surface area (Å²) >= 11 is 0. The lowest BCUT2D eigenvalue weighted by atomic mass is 10.2. The molecule has 0 spiro atoms. The molecule has 0 radical (unpaired) electrons. The normalized spacial score (nSPS) is 20.7. The van der Waals surface area contributed by atoms with Gasteiger partial charge in [0.1, 0.15) is 6.61 Å². The van der Waals surface area contributed by atoms with E-state index in [1.54, 1.807) is 24.3 Å². The maximum atomic E-state index is 11.4. The number of carbonyl (C=O) groups excluding carboxylic acids is 1. The fourth-order valence-corrected chi connectivity index (χ4v) is 1.15. The number of hydrogen-bond acceptors (Lipinski definition) is 4. The van der Waals surface area contributed by atoms with Crippen molar-refractivity contribution in [1.82, 2.24) is 0 Å². The fourth-order valence-electron chi connectivity index (χ4n) is 1.15. The minimum absolute atomic E-state index is 0.187. The van der Waals surface area contributed by atoms with Crippen LogP contribution in [0.4, 0.5) is 0 Å². The van der Waals surface area contributed by atoms with E-state index < -0.39 is 6.29 Å². The minimum Gasteiger partial charge on any atom is -0.429 e. The maximum absolute atomic E-state index is 11.4. The number of ether oxygens (including phenoxy) is 3. The third-order valence-corrected chi connectivity index (χ3v) is 1.84. The highest BCUT2D eigenvalue weighted by Gasteiger charge is 2.20. The van der Waals surface area contributed by atoms with Gasteiger partial charge in [-0.1, -0.05) is 18.2 Å². The Kier molecular flexibility index (Phi) is 2.76. The van der Waals surface area contributed by atoms with Crippen molar-refractivity contribution in [3.05, 3.63) is 35.9 Å². The molecule has 0 saturated carbocycles. The molecule has 1 aromatic carbocycles. The average Bonchev–Trinajstić information content (AvgIpc) is 2.72. The van der Waals surface area contributed by atoms with E-state index in [-0.39, 0.29) is 12.8 Å². The van der Waals surface area contributed by atoms with E-state index in [2.05, 4.69) is 0 Å². The minimum atomic E-state index is -0.567. The van der Waals surface area contributed by atoms with Crippen LogP contribution in [0.25, 0.3) is 0 Å². The van der Waals surface area contributed by atoms with Gasteiger partial charge in [-0.05, 0) is 12.1 Å². The van der Waals surface area contributed by atoms with E-state index in [1.807, 2.05) is 6.07 Å². The smallest absolute Gasteiger partial charge is 0.340 e. The SMILES string of the molecule is O=C(OC1COCO1)c1ccccc1. The predicted octanol–water partition coefficient (Wildman–Crippen LogP) is 1.17. The second kappa shape index (κ2) is 4.21. The van der Waals surface area contributed by atoms with Crippen molar-refractivity contribution in [2.75, 3.05) is 13.4 Å². The molecule has 0 bridgehead atoms. The van der Waals surface area contributed by atoms with Crippen molar-refractivity contribution in [3.63, 3.8) is 0 Å². The van der Waals surface area contributed by atoms with Gasteiger partial charge in [-0.15, -0.1) is 0 Å². The summed E-state index contributed by atoms with van der Waals surface area (Å²) in [4.78, 5) is 11.4. The van der Waals surface area contributed by atoms with Gasteiger partial charge in [0.2, 0.25) is 6.29 Å². The van der Waals surface area contributed by atoms with Crippen molar-refractivity contribution in [3.8, 4) is 0 Å². The van der Waals surface area contributed by atoms with E-state index in [9.17, 15) is 4.79 Å². The molecule has 4 heteroatoms. The number of esters is 1. The van der Waals surface area contributed by atoms with E-state index >= 15 is 0 Å². The number of hydrogen-bond donors (Lipinski definition) is 0. The highest BCUT2D eigenvalue weighted by Crippen LogP contribution is 2.08. The first-order chi connectivity index (χ1) is 6.86. The van der Waals surface area contributed by atoms with Gasteiger partial charge in [-0.25, -0.2) is 4.79 Å². The highest BCUT2D eigenvalue weighted by atomic mass is 16.8. The summed E-state index contributed by atoms with van der Waals surface area (Å²) in [5, 5.41) is 0. The molecular weight excluding hydrogens is 184 g/mol. The first-order valence-corrected chi connectivity index (χ1v) is 4.31. The molecule has 0 aliphatic carbocycles.